The summed E-state index contributed by atoms with van der Waals surface area (Å²) in [5, 5.41) is 5.60. The van der Waals surface area contributed by atoms with Crippen LogP contribution >= 0.6 is 0 Å². The van der Waals surface area contributed by atoms with Crippen LogP contribution in [0.3, 0.4) is 0 Å². The Labute approximate surface area is 130 Å². The standard InChI is InChI=1S/C14H25N5O3/c1-4-5-6-8-19-10-11(16-13(19)15-7-9-22-3)18(2)14(21)17-12(10)20/h10-11H,4-9H2,1-3H3,(H,15,16)(H,17,20,21). The van der Waals surface area contributed by atoms with E-state index in [1.165, 1.54) is 4.90 Å². The molecule has 0 aromatic rings. The van der Waals surface area contributed by atoms with Crippen molar-refractivity contribution in [1.82, 2.24) is 20.4 Å². The lowest BCUT2D eigenvalue weighted by atomic mass is 10.1. The fourth-order valence-electron chi connectivity index (χ4n) is 2.74. The van der Waals surface area contributed by atoms with Crippen molar-refractivity contribution in [2.45, 2.75) is 38.4 Å². The van der Waals surface area contributed by atoms with E-state index in [2.05, 4.69) is 22.5 Å². The Morgan fingerprint density at radius 3 is 2.77 bits per heavy atom. The van der Waals surface area contributed by atoms with E-state index in [1.54, 1.807) is 14.2 Å². The molecule has 22 heavy (non-hydrogen) atoms. The second-order valence-electron chi connectivity index (χ2n) is 5.54. The lowest BCUT2D eigenvalue weighted by Crippen LogP contribution is -2.64. The van der Waals surface area contributed by atoms with Gasteiger partial charge >= 0.3 is 6.03 Å². The van der Waals surface area contributed by atoms with Crippen LogP contribution in [0.5, 0.6) is 0 Å². The number of fused-ring (bicyclic) bond motifs is 1. The zero-order valence-electron chi connectivity index (χ0n) is 13.5. The molecule has 2 unspecified atom stereocenters. The summed E-state index contributed by atoms with van der Waals surface area (Å²) in [7, 11) is 3.30. The number of amides is 3. The van der Waals surface area contributed by atoms with E-state index >= 15 is 0 Å². The molecule has 2 N–H and O–H groups in total. The average Bonchev–Trinajstić information content (AvgIpc) is 2.85. The molecular formula is C14H25N5O3. The minimum absolute atomic E-state index is 0.269. The van der Waals surface area contributed by atoms with E-state index in [0.717, 1.165) is 25.8 Å². The highest BCUT2D eigenvalue weighted by atomic mass is 16.5. The van der Waals surface area contributed by atoms with Crippen molar-refractivity contribution in [2.75, 3.05) is 33.9 Å². The molecule has 124 valence electrons. The lowest BCUT2D eigenvalue weighted by Gasteiger charge is -2.35. The van der Waals surface area contributed by atoms with Crippen LogP contribution in [0.1, 0.15) is 26.2 Å². The number of ether oxygens (including phenoxy) is 1. The first-order chi connectivity index (χ1) is 10.6. The van der Waals surface area contributed by atoms with Gasteiger partial charge in [-0.25, -0.2) is 4.79 Å². The molecule has 0 aromatic carbocycles. The highest BCUT2D eigenvalue weighted by molar-refractivity contribution is 6.04. The number of hydrogen-bond donors (Lipinski definition) is 2. The van der Waals surface area contributed by atoms with Crippen LogP contribution in [0, 0.1) is 0 Å². The van der Waals surface area contributed by atoms with Gasteiger partial charge in [0.2, 0.25) is 0 Å². The van der Waals surface area contributed by atoms with Gasteiger partial charge in [-0.05, 0) is 6.42 Å². The summed E-state index contributed by atoms with van der Waals surface area (Å²) >= 11 is 0. The smallest absolute Gasteiger partial charge is 0.325 e. The molecule has 2 rings (SSSR count). The van der Waals surface area contributed by atoms with Crippen LogP contribution in [-0.4, -0.2) is 73.8 Å². The van der Waals surface area contributed by atoms with Gasteiger partial charge in [0.05, 0.1) is 13.2 Å². The molecule has 2 aliphatic heterocycles. The van der Waals surface area contributed by atoms with Gasteiger partial charge in [-0.1, -0.05) is 19.8 Å². The normalized spacial score (nSPS) is 26.2. The molecule has 8 heteroatoms. The molecule has 0 spiro atoms. The van der Waals surface area contributed by atoms with Gasteiger partial charge in [0, 0.05) is 20.7 Å². The Hall–Kier alpha value is -1.83. The third-order valence-corrected chi connectivity index (χ3v) is 3.98. The zero-order valence-corrected chi connectivity index (χ0v) is 13.5. The Balaban J connectivity index is 2.16. The number of aliphatic imine (C=N–C) groups is 1. The van der Waals surface area contributed by atoms with Gasteiger partial charge in [-0.2, -0.15) is 0 Å². The number of likely N-dealkylation sites (N-methyl/N-ethyl adjacent to an activating group) is 1. The van der Waals surface area contributed by atoms with Crippen molar-refractivity contribution in [3.05, 3.63) is 0 Å². The molecule has 0 saturated carbocycles. The van der Waals surface area contributed by atoms with Crippen molar-refractivity contribution in [3.8, 4) is 0 Å². The molecule has 2 saturated heterocycles. The maximum Gasteiger partial charge on any atom is 0.325 e. The molecular weight excluding hydrogens is 286 g/mol. The quantitative estimate of drug-likeness (QED) is 0.644. The van der Waals surface area contributed by atoms with E-state index in [4.69, 9.17) is 4.74 Å². The molecule has 2 aliphatic rings. The fraction of sp³-hybridized carbons (Fsp3) is 0.786. The molecule has 2 fully saturated rings. The number of nitrogens with one attached hydrogen (secondary N) is 2. The number of imide groups is 1. The van der Waals surface area contributed by atoms with Crippen molar-refractivity contribution >= 4 is 17.9 Å². The first-order valence-corrected chi connectivity index (χ1v) is 7.74. The Bertz CT molecular complexity index is 454. The summed E-state index contributed by atoms with van der Waals surface area (Å²) in [5.41, 5.74) is 0. The van der Waals surface area contributed by atoms with Gasteiger partial charge in [0.25, 0.3) is 5.91 Å². The predicted octanol–water partition coefficient (Wildman–Crippen LogP) is -0.0395. The van der Waals surface area contributed by atoms with E-state index in [1.807, 2.05) is 4.90 Å². The molecule has 0 aromatic heterocycles. The minimum atomic E-state index is -0.430. The first kappa shape index (κ1) is 16.5. The summed E-state index contributed by atoms with van der Waals surface area (Å²) in [6.07, 6.45) is 2.81. The maximum atomic E-state index is 12.2. The summed E-state index contributed by atoms with van der Waals surface area (Å²) < 4.78 is 5.02. The number of carbonyl (C=O) groups excluding carboxylic acids is 2. The van der Waals surface area contributed by atoms with Crippen LogP contribution in [0.15, 0.2) is 4.99 Å². The molecule has 2 heterocycles. The Kier molecular flexibility index (Phi) is 5.59. The van der Waals surface area contributed by atoms with Crippen molar-refractivity contribution in [1.29, 1.82) is 0 Å². The highest BCUT2D eigenvalue weighted by Crippen LogP contribution is 2.21. The van der Waals surface area contributed by atoms with Gasteiger partial charge in [-0.3, -0.25) is 15.1 Å². The van der Waals surface area contributed by atoms with Crippen LogP contribution in [-0.2, 0) is 9.53 Å². The lowest BCUT2D eigenvalue weighted by molar-refractivity contribution is -0.127. The number of hydrogen-bond acceptors (Lipinski definition) is 4. The summed E-state index contributed by atoms with van der Waals surface area (Å²) in [6.45, 7) is 3.91. The van der Waals surface area contributed by atoms with E-state index < -0.39 is 6.04 Å². The van der Waals surface area contributed by atoms with Gasteiger partial charge in [-0.15, -0.1) is 0 Å². The fourth-order valence-corrected chi connectivity index (χ4v) is 2.74. The average molecular weight is 311 g/mol. The maximum absolute atomic E-state index is 12.2. The summed E-state index contributed by atoms with van der Waals surface area (Å²) in [4.78, 5) is 31.9. The van der Waals surface area contributed by atoms with E-state index in [9.17, 15) is 9.59 Å². The van der Waals surface area contributed by atoms with E-state index in [-0.39, 0.29) is 18.1 Å². The van der Waals surface area contributed by atoms with Gasteiger partial charge in [0.15, 0.2) is 12.0 Å². The number of methoxy groups -OCH3 is 1. The monoisotopic (exact) mass is 311 g/mol. The van der Waals surface area contributed by atoms with E-state index in [0.29, 0.717) is 19.1 Å². The summed E-state index contributed by atoms with van der Waals surface area (Å²) in [5.74, 6) is 0.397. The molecule has 0 radical (unpaired) electrons. The number of guanidine groups is 1. The van der Waals surface area contributed by atoms with Crippen molar-refractivity contribution < 1.29 is 14.3 Å². The number of nitrogens with zero attached hydrogens (tertiary/aromatic N) is 3. The van der Waals surface area contributed by atoms with Crippen molar-refractivity contribution in [3.63, 3.8) is 0 Å². The number of unbranched alkanes of at least 4 members (excludes halogenated alkanes) is 2. The third kappa shape index (κ3) is 3.32. The second kappa shape index (κ2) is 7.44. The second-order valence-corrected chi connectivity index (χ2v) is 5.54. The number of carbonyl (C=O) groups is 2. The van der Waals surface area contributed by atoms with Crippen molar-refractivity contribution in [2.24, 2.45) is 4.99 Å². The highest BCUT2D eigenvalue weighted by Gasteiger charge is 2.49. The molecule has 2 atom stereocenters. The van der Waals surface area contributed by atoms with Crippen LogP contribution in [0.25, 0.3) is 0 Å². The van der Waals surface area contributed by atoms with Crippen LogP contribution in [0.2, 0.25) is 0 Å². The zero-order chi connectivity index (χ0) is 16.1. The topological polar surface area (TPSA) is 86.3 Å². The Morgan fingerprint density at radius 1 is 1.32 bits per heavy atom. The van der Waals surface area contributed by atoms with Gasteiger partial charge < -0.3 is 19.9 Å². The third-order valence-electron chi connectivity index (χ3n) is 3.98. The largest absolute Gasteiger partial charge is 0.383 e. The molecule has 0 aliphatic carbocycles. The number of rotatable bonds is 7. The van der Waals surface area contributed by atoms with Crippen LogP contribution < -0.4 is 10.6 Å². The summed E-state index contributed by atoms with van der Waals surface area (Å²) in [6, 6.07) is -0.814. The Morgan fingerprint density at radius 2 is 2.09 bits per heavy atom. The molecule has 3 amide bonds. The minimum Gasteiger partial charge on any atom is -0.383 e. The predicted molar refractivity (Wildman–Crippen MR) is 82.4 cm³/mol. The van der Waals surface area contributed by atoms with Crippen LogP contribution in [0.4, 0.5) is 4.79 Å². The first-order valence-electron chi connectivity index (χ1n) is 7.74. The number of urea groups is 1. The molecule has 0 bridgehead atoms. The molecule has 8 nitrogen and oxygen atoms in total. The van der Waals surface area contributed by atoms with Gasteiger partial charge in [0.1, 0.15) is 6.17 Å². The SMILES string of the molecule is CCCCCN1C(=NCCOC)NC2C1C(=O)NC(=O)N2C.